The van der Waals surface area contributed by atoms with Crippen molar-refractivity contribution in [1.29, 1.82) is 0 Å². The number of hydrogen-bond donors (Lipinski definition) is 0. The maximum atomic E-state index is 13.8. The molecule has 22 heavy (non-hydrogen) atoms. The van der Waals surface area contributed by atoms with Gasteiger partial charge in [0.2, 0.25) is 0 Å². The summed E-state index contributed by atoms with van der Waals surface area (Å²) in [6, 6.07) is 2.45. The number of ether oxygens (including phenoxy) is 1. The van der Waals surface area contributed by atoms with Gasteiger partial charge in [0.1, 0.15) is 17.9 Å². The molecule has 0 saturated heterocycles. The summed E-state index contributed by atoms with van der Waals surface area (Å²) in [5, 5.41) is 0. The number of rotatable bonds is 4. The topological polar surface area (TPSA) is 26.3 Å². The number of aldehydes is 1. The largest absolute Gasteiger partial charge is 0.429 e. The lowest BCUT2D eigenvalue weighted by molar-refractivity contribution is -0.187. The summed E-state index contributed by atoms with van der Waals surface area (Å²) in [4.78, 5) is 10.4. The minimum atomic E-state index is -4.29. The quantitative estimate of drug-likeness (QED) is 0.480. The standard InChI is InChI=1S/C14H6F6O2/c15-10-3-7(6-21)1-2-9(10)14(19,20)22-8-4-11(16)13(18)12(17)5-8/h1-6H. The van der Waals surface area contributed by atoms with Crippen LogP contribution in [-0.2, 0) is 6.11 Å². The molecule has 0 bridgehead atoms. The first-order valence-electron chi connectivity index (χ1n) is 5.71. The molecule has 0 atom stereocenters. The van der Waals surface area contributed by atoms with Crippen LogP contribution in [0.4, 0.5) is 26.3 Å². The van der Waals surface area contributed by atoms with Crippen LogP contribution in [0.15, 0.2) is 30.3 Å². The Kier molecular flexibility index (Phi) is 4.11. The van der Waals surface area contributed by atoms with E-state index in [9.17, 15) is 31.1 Å². The SMILES string of the molecule is O=Cc1ccc(C(F)(F)Oc2cc(F)c(F)c(F)c2)c(F)c1. The van der Waals surface area contributed by atoms with Crippen molar-refractivity contribution in [3.05, 3.63) is 64.7 Å². The molecule has 0 radical (unpaired) electrons. The lowest BCUT2D eigenvalue weighted by atomic mass is 10.1. The molecule has 0 spiro atoms. The van der Waals surface area contributed by atoms with Crippen LogP contribution in [0.5, 0.6) is 5.75 Å². The number of alkyl halides is 2. The minimum Gasteiger partial charge on any atom is -0.429 e. The van der Waals surface area contributed by atoms with Gasteiger partial charge in [-0.2, -0.15) is 8.78 Å². The van der Waals surface area contributed by atoms with Crippen LogP contribution in [0.25, 0.3) is 0 Å². The Morgan fingerprint density at radius 3 is 2.00 bits per heavy atom. The Labute approximate surface area is 119 Å². The molecule has 2 rings (SSSR count). The third-order valence-corrected chi connectivity index (χ3v) is 2.65. The summed E-state index contributed by atoms with van der Waals surface area (Å²) >= 11 is 0. The van der Waals surface area contributed by atoms with Gasteiger partial charge in [0.25, 0.3) is 0 Å². The average molecular weight is 320 g/mol. The van der Waals surface area contributed by atoms with Crippen molar-refractivity contribution in [2.75, 3.05) is 0 Å². The molecular weight excluding hydrogens is 314 g/mol. The first kappa shape index (κ1) is 15.9. The van der Waals surface area contributed by atoms with E-state index in [4.69, 9.17) is 0 Å². The van der Waals surface area contributed by atoms with Crippen LogP contribution in [0.2, 0.25) is 0 Å². The Bertz CT molecular complexity index is 706. The van der Waals surface area contributed by atoms with Gasteiger partial charge in [-0.05, 0) is 12.1 Å². The van der Waals surface area contributed by atoms with Gasteiger partial charge in [-0.25, -0.2) is 17.6 Å². The van der Waals surface area contributed by atoms with Crippen molar-refractivity contribution < 1.29 is 35.9 Å². The van der Waals surface area contributed by atoms with E-state index in [2.05, 4.69) is 4.74 Å². The fourth-order valence-corrected chi connectivity index (χ4v) is 1.63. The molecule has 0 saturated carbocycles. The Balaban J connectivity index is 2.37. The summed E-state index contributed by atoms with van der Waals surface area (Å²) in [5.74, 6) is -7.79. The summed E-state index contributed by atoms with van der Waals surface area (Å²) in [5.41, 5.74) is -1.43. The maximum absolute atomic E-state index is 13.8. The van der Waals surface area contributed by atoms with Gasteiger partial charge in [0.05, 0.1) is 5.56 Å². The number of benzene rings is 2. The van der Waals surface area contributed by atoms with E-state index < -0.39 is 40.7 Å². The highest BCUT2D eigenvalue weighted by atomic mass is 19.3. The van der Waals surface area contributed by atoms with Crippen molar-refractivity contribution in [3.8, 4) is 5.75 Å². The van der Waals surface area contributed by atoms with Gasteiger partial charge >= 0.3 is 6.11 Å². The number of hydrogen-bond acceptors (Lipinski definition) is 2. The van der Waals surface area contributed by atoms with Crippen molar-refractivity contribution in [1.82, 2.24) is 0 Å². The second-order valence-corrected chi connectivity index (χ2v) is 4.18. The van der Waals surface area contributed by atoms with Gasteiger partial charge < -0.3 is 4.74 Å². The van der Waals surface area contributed by atoms with Crippen molar-refractivity contribution in [2.45, 2.75) is 6.11 Å². The second-order valence-electron chi connectivity index (χ2n) is 4.18. The monoisotopic (exact) mass is 320 g/mol. The highest BCUT2D eigenvalue weighted by Gasteiger charge is 2.38. The minimum absolute atomic E-state index is 0.184. The van der Waals surface area contributed by atoms with Gasteiger partial charge in [0.15, 0.2) is 17.5 Å². The Morgan fingerprint density at radius 2 is 1.50 bits per heavy atom. The molecule has 116 valence electrons. The normalized spacial score (nSPS) is 11.4. The molecule has 0 aliphatic heterocycles. The van der Waals surface area contributed by atoms with Crippen molar-refractivity contribution in [2.24, 2.45) is 0 Å². The predicted octanol–water partition coefficient (Wildman–Crippen LogP) is 4.18. The fraction of sp³-hybridized carbons (Fsp3) is 0.0714. The zero-order chi connectivity index (χ0) is 16.5. The zero-order valence-electron chi connectivity index (χ0n) is 10.5. The smallest absolute Gasteiger partial charge is 0.429 e. The van der Waals surface area contributed by atoms with Crippen LogP contribution in [0, 0.1) is 23.3 Å². The van der Waals surface area contributed by atoms with Crippen molar-refractivity contribution >= 4 is 6.29 Å². The van der Waals surface area contributed by atoms with Gasteiger partial charge in [-0.15, -0.1) is 0 Å². The lowest BCUT2D eigenvalue weighted by Crippen LogP contribution is -2.23. The Hall–Kier alpha value is -2.51. The molecule has 0 amide bonds. The first-order chi connectivity index (χ1) is 10.2. The molecule has 2 aromatic rings. The maximum Gasteiger partial charge on any atom is 0.429 e. The van der Waals surface area contributed by atoms with Crippen LogP contribution < -0.4 is 4.74 Å². The molecule has 0 fully saturated rings. The molecular formula is C14H6F6O2. The average Bonchev–Trinajstić information content (AvgIpc) is 2.43. The first-order valence-corrected chi connectivity index (χ1v) is 5.71. The van der Waals surface area contributed by atoms with Gasteiger partial charge in [-0.1, -0.05) is 6.07 Å². The molecule has 2 aromatic carbocycles. The van der Waals surface area contributed by atoms with E-state index in [0.29, 0.717) is 12.1 Å². The van der Waals surface area contributed by atoms with E-state index in [1.807, 2.05) is 0 Å². The molecule has 0 heterocycles. The molecule has 0 unspecified atom stereocenters. The Morgan fingerprint density at radius 1 is 0.909 bits per heavy atom. The number of carbonyl (C=O) groups excluding carboxylic acids is 1. The highest BCUT2D eigenvalue weighted by molar-refractivity contribution is 5.74. The summed E-state index contributed by atoms with van der Waals surface area (Å²) in [7, 11) is 0. The van der Waals surface area contributed by atoms with Crippen LogP contribution in [-0.4, -0.2) is 6.29 Å². The van der Waals surface area contributed by atoms with E-state index in [1.54, 1.807) is 0 Å². The summed E-state index contributed by atoms with van der Waals surface area (Å²) in [6.45, 7) is 0. The van der Waals surface area contributed by atoms with E-state index in [1.165, 1.54) is 0 Å². The van der Waals surface area contributed by atoms with Crippen LogP contribution >= 0.6 is 0 Å². The molecule has 0 aliphatic rings. The molecule has 0 aromatic heterocycles. The van der Waals surface area contributed by atoms with E-state index in [-0.39, 0.29) is 24.0 Å². The summed E-state index contributed by atoms with van der Waals surface area (Å²) < 4.78 is 83.8. The molecule has 0 N–H and O–H groups in total. The third-order valence-electron chi connectivity index (χ3n) is 2.65. The fourth-order valence-electron chi connectivity index (χ4n) is 1.63. The third kappa shape index (κ3) is 3.05. The van der Waals surface area contributed by atoms with Gasteiger partial charge in [-0.3, -0.25) is 4.79 Å². The highest BCUT2D eigenvalue weighted by Crippen LogP contribution is 2.34. The number of halogens is 6. The van der Waals surface area contributed by atoms with Crippen molar-refractivity contribution in [3.63, 3.8) is 0 Å². The molecule has 0 aliphatic carbocycles. The lowest BCUT2D eigenvalue weighted by Gasteiger charge is -2.19. The predicted molar refractivity (Wildman–Crippen MR) is 62.6 cm³/mol. The van der Waals surface area contributed by atoms with Gasteiger partial charge in [0, 0.05) is 17.7 Å². The second kappa shape index (κ2) is 5.70. The molecule has 2 nitrogen and oxygen atoms in total. The van der Waals surface area contributed by atoms with Crippen LogP contribution in [0.3, 0.4) is 0 Å². The van der Waals surface area contributed by atoms with E-state index >= 15 is 0 Å². The van der Waals surface area contributed by atoms with Crippen LogP contribution in [0.1, 0.15) is 15.9 Å². The number of carbonyl (C=O) groups is 1. The summed E-state index contributed by atoms with van der Waals surface area (Å²) in [6.07, 6.45) is -4.04. The zero-order valence-corrected chi connectivity index (χ0v) is 10.5. The molecule has 8 heteroatoms. The van der Waals surface area contributed by atoms with E-state index in [0.717, 1.165) is 6.07 Å².